The summed E-state index contributed by atoms with van der Waals surface area (Å²) in [5.74, 6) is -0.224. The van der Waals surface area contributed by atoms with Crippen LogP contribution in [0.5, 0.6) is 0 Å². The van der Waals surface area contributed by atoms with E-state index in [1.807, 2.05) is 4.90 Å². The van der Waals surface area contributed by atoms with Crippen molar-refractivity contribution in [3.63, 3.8) is 0 Å². The van der Waals surface area contributed by atoms with Crippen LogP contribution < -0.4 is 27.2 Å². The number of hydrogen-bond donors (Lipinski definition) is 4. The summed E-state index contributed by atoms with van der Waals surface area (Å²) in [4.78, 5) is 20.8. The van der Waals surface area contributed by atoms with Gasteiger partial charge in [0.05, 0.1) is 30.2 Å². The second kappa shape index (κ2) is 11.4. The first kappa shape index (κ1) is 26.1. The molecule has 1 aliphatic heterocycles. The van der Waals surface area contributed by atoms with Crippen LogP contribution in [0.15, 0.2) is 45.9 Å². The second-order valence-corrected chi connectivity index (χ2v) is 8.80. The first-order valence-corrected chi connectivity index (χ1v) is 11.9. The highest BCUT2D eigenvalue weighted by Gasteiger charge is 2.21. The van der Waals surface area contributed by atoms with Gasteiger partial charge >= 0.3 is 5.91 Å². The normalized spacial score (nSPS) is 15.6. The van der Waals surface area contributed by atoms with Crippen molar-refractivity contribution in [3.05, 3.63) is 65.2 Å². The van der Waals surface area contributed by atoms with Crippen molar-refractivity contribution in [2.45, 2.75) is 26.6 Å². The molecule has 1 fully saturated rings. The predicted molar refractivity (Wildman–Crippen MR) is 136 cm³/mol. The zero-order valence-electron chi connectivity index (χ0n) is 20.7. The number of carbonyl (C=O) groups is 1. The maximum atomic E-state index is 14.1. The van der Waals surface area contributed by atoms with E-state index >= 15 is 0 Å². The molecule has 1 amide bonds. The predicted octanol–water partition coefficient (Wildman–Crippen LogP) is 1.45. The summed E-state index contributed by atoms with van der Waals surface area (Å²) in [7, 11) is 0. The van der Waals surface area contributed by atoms with Gasteiger partial charge in [-0.15, -0.1) is 0 Å². The Balaban J connectivity index is 1.34. The largest absolute Gasteiger partial charge is 0.456 e. The lowest BCUT2D eigenvalue weighted by Gasteiger charge is -2.36. The Morgan fingerprint density at radius 3 is 2.57 bits per heavy atom. The van der Waals surface area contributed by atoms with E-state index in [9.17, 15) is 13.6 Å². The number of aliphatic imine (C=N–C) groups is 1. The van der Waals surface area contributed by atoms with Gasteiger partial charge in [0.25, 0.3) is 0 Å². The van der Waals surface area contributed by atoms with Gasteiger partial charge in [0.1, 0.15) is 23.2 Å². The average molecular weight is 516 g/mol. The smallest absolute Gasteiger partial charge is 0.305 e. The van der Waals surface area contributed by atoms with Crippen molar-refractivity contribution >= 4 is 23.2 Å². The third-order valence-corrected chi connectivity index (χ3v) is 5.98. The van der Waals surface area contributed by atoms with Gasteiger partial charge in [0.15, 0.2) is 11.6 Å². The van der Waals surface area contributed by atoms with Crippen molar-refractivity contribution in [2.75, 3.05) is 43.4 Å². The first-order valence-electron chi connectivity index (χ1n) is 11.9. The lowest BCUT2D eigenvalue weighted by molar-refractivity contribution is 0.0914. The molecule has 2 aromatic heterocycles. The highest BCUT2D eigenvalue weighted by molar-refractivity contribution is 6.04. The molecule has 6 N–H and O–H groups in total. The number of aromatic nitrogens is 2. The standard InChI is InChI=1S/C24H31F2N9O2/c1-15-3-6-21(37-15)24(36)32-31-23(30-16(2)27)18-14-29-35(22(18)28)12-9-33-7-10-34(11-8-33)20-5-4-17(25)13-19(20)26/h3-6,13-14,16H,7-12,27-28H2,1-2H3,(H,30,31)(H,32,36). The summed E-state index contributed by atoms with van der Waals surface area (Å²) in [6.45, 7) is 7.28. The summed E-state index contributed by atoms with van der Waals surface area (Å²) in [6.07, 6.45) is 0.998. The van der Waals surface area contributed by atoms with Crippen LogP contribution >= 0.6 is 0 Å². The Labute approximate surface area is 213 Å². The number of nitrogens with one attached hydrogen (secondary N) is 2. The minimum Gasteiger partial charge on any atom is -0.456 e. The van der Waals surface area contributed by atoms with E-state index in [0.717, 1.165) is 6.07 Å². The minimum atomic E-state index is -0.588. The molecule has 11 nitrogen and oxygen atoms in total. The highest BCUT2D eigenvalue weighted by Crippen LogP contribution is 2.21. The van der Waals surface area contributed by atoms with Crippen LogP contribution in [0.4, 0.5) is 20.3 Å². The van der Waals surface area contributed by atoms with Crippen molar-refractivity contribution in [1.82, 2.24) is 25.5 Å². The third-order valence-electron chi connectivity index (χ3n) is 5.98. The number of amides is 1. The van der Waals surface area contributed by atoms with E-state index in [2.05, 4.69) is 25.8 Å². The Bertz CT molecular complexity index is 1260. The first-order chi connectivity index (χ1) is 17.7. The summed E-state index contributed by atoms with van der Waals surface area (Å²) < 4.78 is 34.3. The van der Waals surface area contributed by atoms with E-state index in [-0.39, 0.29) is 11.6 Å². The van der Waals surface area contributed by atoms with Crippen molar-refractivity contribution in [2.24, 2.45) is 10.7 Å². The zero-order chi connectivity index (χ0) is 26.5. The summed E-state index contributed by atoms with van der Waals surface area (Å²) in [6, 6.07) is 6.90. The molecule has 3 aromatic rings. The van der Waals surface area contributed by atoms with E-state index in [1.165, 1.54) is 12.1 Å². The lowest BCUT2D eigenvalue weighted by Crippen LogP contribution is -2.47. The molecule has 1 aromatic carbocycles. The summed E-state index contributed by atoms with van der Waals surface area (Å²) >= 11 is 0. The molecule has 3 heterocycles. The van der Waals surface area contributed by atoms with E-state index < -0.39 is 23.7 Å². The molecular formula is C24H31F2N9O2. The molecular weight excluding hydrogens is 484 g/mol. The molecule has 4 rings (SSSR count). The summed E-state index contributed by atoms with van der Waals surface area (Å²) in [5, 5.41) is 4.38. The number of halogens is 2. The van der Waals surface area contributed by atoms with E-state index in [0.29, 0.717) is 62.1 Å². The van der Waals surface area contributed by atoms with Crippen molar-refractivity contribution in [3.8, 4) is 0 Å². The Kier molecular flexibility index (Phi) is 8.04. The van der Waals surface area contributed by atoms with Gasteiger partial charge in [0, 0.05) is 38.8 Å². The van der Waals surface area contributed by atoms with Gasteiger partial charge in [-0.2, -0.15) is 5.10 Å². The number of anilines is 2. The van der Waals surface area contributed by atoms with Gasteiger partial charge in [-0.05, 0) is 38.1 Å². The fourth-order valence-electron chi connectivity index (χ4n) is 4.05. The number of benzene rings is 1. The third kappa shape index (κ3) is 6.43. The number of hydrazine groups is 1. The van der Waals surface area contributed by atoms with Crippen LogP contribution in [0.1, 0.15) is 28.8 Å². The molecule has 0 spiro atoms. The van der Waals surface area contributed by atoms with Crippen LogP contribution in [-0.2, 0) is 6.54 Å². The molecule has 1 atom stereocenters. The Hall–Kier alpha value is -3.97. The minimum absolute atomic E-state index is 0.149. The van der Waals surface area contributed by atoms with Crippen molar-refractivity contribution < 1.29 is 18.0 Å². The maximum Gasteiger partial charge on any atom is 0.305 e. The fraction of sp³-hybridized carbons (Fsp3) is 0.375. The second-order valence-electron chi connectivity index (χ2n) is 8.80. The number of nitrogens with zero attached hydrogens (tertiary/aromatic N) is 5. The number of piperazine rings is 1. The molecule has 37 heavy (non-hydrogen) atoms. The van der Waals surface area contributed by atoms with Gasteiger partial charge in [0.2, 0.25) is 0 Å². The highest BCUT2D eigenvalue weighted by atomic mass is 19.1. The number of carbonyl (C=O) groups excluding carboxylic acids is 1. The topological polar surface area (TPSA) is 143 Å². The van der Waals surface area contributed by atoms with E-state index in [4.69, 9.17) is 15.9 Å². The number of rotatable bonds is 7. The summed E-state index contributed by atoms with van der Waals surface area (Å²) in [5.41, 5.74) is 18.4. The van der Waals surface area contributed by atoms with Gasteiger partial charge in [-0.3, -0.25) is 20.5 Å². The zero-order valence-corrected chi connectivity index (χ0v) is 20.7. The maximum absolute atomic E-state index is 14.1. The Morgan fingerprint density at radius 1 is 1.16 bits per heavy atom. The van der Waals surface area contributed by atoms with Crippen LogP contribution in [0, 0.1) is 18.6 Å². The molecule has 13 heteroatoms. The lowest BCUT2D eigenvalue weighted by atomic mass is 10.2. The molecule has 0 radical (unpaired) electrons. The molecule has 1 saturated heterocycles. The Morgan fingerprint density at radius 2 is 1.92 bits per heavy atom. The molecule has 0 bridgehead atoms. The van der Waals surface area contributed by atoms with Gasteiger partial charge < -0.3 is 20.8 Å². The quantitative estimate of drug-likeness (QED) is 0.210. The van der Waals surface area contributed by atoms with Crippen LogP contribution in [0.2, 0.25) is 0 Å². The van der Waals surface area contributed by atoms with Gasteiger partial charge in [-0.1, -0.05) is 0 Å². The average Bonchev–Trinajstić information content (AvgIpc) is 3.46. The molecule has 198 valence electrons. The monoisotopic (exact) mass is 515 g/mol. The van der Waals surface area contributed by atoms with Crippen LogP contribution in [0.3, 0.4) is 0 Å². The van der Waals surface area contributed by atoms with E-state index in [1.54, 1.807) is 36.9 Å². The number of aryl methyl sites for hydroxylation is 1. The SMILES string of the molecule is Cc1ccc(C(=O)NNC(=NC(C)N)c2cnn(CCN3CCN(c4ccc(F)cc4F)CC3)c2N)o1. The fourth-order valence-corrected chi connectivity index (χ4v) is 4.05. The molecule has 1 aliphatic rings. The van der Waals surface area contributed by atoms with Crippen LogP contribution in [-0.4, -0.2) is 65.3 Å². The number of nitrogen functional groups attached to an aromatic ring is 1. The van der Waals surface area contributed by atoms with Crippen molar-refractivity contribution in [1.29, 1.82) is 0 Å². The number of furan rings is 1. The van der Waals surface area contributed by atoms with Crippen LogP contribution in [0.25, 0.3) is 0 Å². The number of hydrogen-bond acceptors (Lipinski definition) is 8. The molecule has 0 aliphatic carbocycles. The van der Waals surface area contributed by atoms with Gasteiger partial charge in [-0.25, -0.2) is 18.5 Å². The number of amidine groups is 1. The molecule has 1 unspecified atom stereocenters. The molecule has 0 saturated carbocycles. The number of nitrogens with two attached hydrogens (primary N) is 2.